The maximum absolute atomic E-state index is 13.8. The molecule has 4 atom stereocenters. The minimum absolute atomic E-state index is 0.122. The molecule has 0 radical (unpaired) electrons. The molecule has 0 unspecified atom stereocenters. The summed E-state index contributed by atoms with van der Waals surface area (Å²) in [7, 11) is 0. The number of nitrogens with one attached hydrogen (secondary N) is 3. The van der Waals surface area contributed by atoms with E-state index >= 15 is 0 Å². The van der Waals surface area contributed by atoms with Crippen LogP contribution in [0.25, 0.3) is 0 Å². The number of pyridine rings is 1. The molecule has 10 nitrogen and oxygen atoms in total. The lowest BCUT2D eigenvalue weighted by molar-refractivity contribution is -0.128. The second-order valence-corrected chi connectivity index (χ2v) is 12.4. The number of amides is 4. The molecule has 2 heterocycles. The van der Waals surface area contributed by atoms with Crippen LogP contribution in [-0.4, -0.2) is 76.8 Å². The first-order chi connectivity index (χ1) is 22.1. The van der Waals surface area contributed by atoms with Crippen LogP contribution >= 0.6 is 0 Å². The third-order valence-corrected chi connectivity index (χ3v) is 8.28. The second kappa shape index (κ2) is 16.7. The van der Waals surface area contributed by atoms with Gasteiger partial charge < -0.3 is 30.7 Å². The Morgan fingerprint density at radius 1 is 0.978 bits per heavy atom. The summed E-state index contributed by atoms with van der Waals surface area (Å²) >= 11 is 0. The number of rotatable bonds is 15. The lowest BCUT2D eigenvalue weighted by Gasteiger charge is -2.37. The van der Waals surface area contributed by atoms with E-state index in [0.29, 0.717) is 37.4 Å². The average molecular weight is 630 g/mol. The molecule has 1 fully saturated rings. The third-order valence-electron chi connectivity index (χ3n) is 8.28. The molecule has 1 aromatic heterocycles. The van der Waals surface area contributed by atoms with Gasteiger partial charge in [-0.15, -0.1) is 0 Å². The molecular weight excluding hydrogens is 582 g/mol. The first-order valence-corrected chi connectivity index (χ1v) is 16.1. The van der Waals surface area contributed by atoms with E-state index in [0.717, 1.165) is 23.1 Å². The van der Waals surface area contributed by atoms with Gasteiger partial charge >= 0.3 is 6.03 Å². The number of nitrogens with zero attached hydrogens (tertiary/aromatic N) is 2. The minimum atomic E-state index is -1.00. The van der Waals surface area contributed by atoms with Crippen LogP contribution in [0.5, 0.6) is 5.75 Å². The molecule has 0 spiro atoms. The SMILES string of the molecule is Cc1ccnc(C)c1OCC(=O)N[C@H](Cc1ccccc1)[C@H](O)C[C@@H](Cc1ccccc1)NC(=O)[C@@H](C(C)C)N1CCCNC1=O. The van der Waals surface area contributed by atoms with E-state index in [2.05, 4.69) is 20.9 Å². The van der Waals surface area contributed by atoms with Gasteiger partial charge in [0, 0.05) is 25.3 Å². The standard InChI is InChI=1S/C36H47N5O5/c1-24(2)33(41-19-11-17-38-36(41)45)35(44)39-29(20-27-12-7-5-8-13-27)22-31(42)30(21-28-14-9-6-10-15-28)40-32(43)23-46-34-25(3)16-18-37-26(34)4/h5-10,12-16,18,24,29-31,33,42H,11,17,19-23H2,1-4H3,(H,38,45)(H,39,44)(H,40,43)/t29-,30-,31-,33-/m1/s1. The number of aliphatic hydroxyl groups is 1. The van der Waals surface area contributed by atoms with Crippen LogP contribution in [0.4, 0.5) is 4.79 Å². The highest BCUT2D eigenvalue weighted by Crippen LogP contribution is 2.21. The third kappa shape index (κ3) is 9.78. The molecule has 4 N–H and O–H groups in total. The fourth-order valence-corrected chi connectivity index (χ4v) is 5.99. The van der Waals surface area contributed by atoms with Crippen molar-refractivity contribution in [3.63, 3.8) is 0 Å². The quantitative estimate of drug-likeness (QED) is 0.203. The van der Waals surface area contributed by atoms with E-state index in [1.807, 2.05) is 94.4 Å². The van der Waals surface area contributed by atoms with Gasteiger partial charge in [0.15, 0.2) is 6.61 Å². The van der Waals surface area contributed by atoms with Crippen LogP contribution < -0.4 is 20.7 Å². The largest absolute Gasteiger partial charge is 0.482 e. The van der Waals surface area contributed by atoms with Crippen LogP contribution in [0.3, 0.4) is 0 Å². The van der Waals surface area contributed by atoms with E-state index in [-0.39, 0.29) is 36.8 Å². The van der Waals surface area contributed by atoms with E-state index in [1.165, 1.54) is 0 Å². The molecule has 1 aliphatic heterocycles. The molecule has 46 heavy (non-hydrogen) atoms. The summed E-state index contributed by atoms with van der Waals surface area (Å²) in [5, 5.41) is 20.7. The van der Waals surface area contributed by atoms with Crippen molar-refractivity contribution in [1.82, 2.24) is 25.8 Å². The molecular formula is C36H47N5O5. The zero-order valence-electron chi connectivity index (χ0n) is 27.2. The lowest BCUT2D eigenvalue weighted by atomic mass is 9.92. The number of ether oxygens (including phenoxy) is 1. The van der Waals surface area contributed by atoms with Gasteiger partial charge in [0.25, 0.3) is 5.91 Å². The summed E-state index contributed by atoms with van der Waals surface area (Å²) in [6.45, 7) is 8.43. The highest BCUT2D eigenvalue weighted by Gasteiger charge is 2.35. The Labute approximate surface area is 271 Å². The molecule has 4 rings (SSSR count). The molecule has 10 heteroatoms. The van der Waals surface area contributed by atoms with Crippen molar-refractivity contribution in [3.8, 4) is 5.75 Å². The Morgan fingerprint density at radius 3 is 2.24 bits per heavy atom. The summed E-state index contributed by atoms with van der Waals surface area (Å²) in [4.78, 5) is 45.5. The Hall–Kier alpha value is -4.44. The normalized spacial score (nSPS) is 15.8. The number of benzene rings is 2. The number of hydrogen-bond acceptors (Lipinski definition) is 6. The Kier molecular flexibility index (Phi) is 12.5. The van der Waals surface area contributed by atoms with Crippen LogP contribution in [0.15, 0.2) is 72.9 Å². The molecule has 4 amide bonds. The fourth-order valence-electron chi connectivity index (χ4n) is 5.99. The molecule has 0 bridgehead atoms. The highest BCUT2D eigenvalue weighted by atomic mass is 16.5. The van der Waals surface area contributed by atoms with Crippen molar-refractivity contribution in [2.45, 2.75) is 77.6 Å². The molecule has 0 saturated carbocycles. The van der Waals surface area contributed by atoms with Crippen LogP contribution in [-0.2, 0) is 22.4 Å². The van der Waals surface area contributed by atoms with Gasteiger partial charge in [-0.25, -0.2) is 4.79 Å². The van der Waals surface area contributed by atoms with Gasteiger partial charge in [0.1, 0.15) is 11.8 Å². The molecule has 3 aromatic rings. The maximum atomic E-state index is 13.8. The summed E-state index contributed by atoms with van der Waals surface area (Å²) in [5.74, 6) is -0.199. The summed E-state index contributed by atoms with van der Waals surface area (Å²) in [6.07, 6.45) is 2.48. The van der Waals surface area contributed by atoms with Crippen molar-refractivity contribution in [3.05, 3.63) is 95.3 Å². The van der Waals surface area contributed by atoms with Gasteiger partial charge in [-0.05, 0) is 68.2 Å². The summed E-state index contributed by atoms with van der Waals surface area (Å²) in [5.41, 5.74) is 3.51. The van der Waals surface area contributed by atoms with Crippen molar-refractivity contribution in [1.29, 1.82) is 0 Å². The molecule has 246 valence electrons. The van der Waals surface area contributed by atoms with Crippen LogP contribution in [0, 0.1) is 19.8 Å². The van der Waals surface area contributed by atoms with Crippen molar-refractivity contribution in [2.75, 3.05) is 19.7 Å². The maximum Gasteiger partial charge on any atom is 0.318 e. The van der Waals surface area contributed by atoms with E-state index in [9.17, 15) is 19.5 Å². The van der Waals surface area contributed by atoms with Crippen molar-refractivity contribution in [2.24, 2.45) is 5.92 Å². The monoisotopic (exact) mass is 629 g/mol. The number of aliphatic hydroxyl groups excluding tert-OH is 1. The number of carbonyl (C=O) groups is 3. The van der Waals surface area contributed by atoms with Gasteiger partial charge in [-0.1, -0.05) is 74.5 Å². The zero-order valence-corrected chi connectivity index (χ0v) is 27.2. The fraction of sp³-hybridized carbons (Fsp3) is 0.444. The van der Waals surface area contributed by atoms with Crippen LogP contribution in [0.2, 0.25) is 0 Å². The molecule has 1 aliphatic rings. The lowest BCUT2D eigenvalue weighted by Crippen LogP contribution is -2.59. The number of hydrogen-bond donors (Lipinski definition) is 4. The van der Waals surface area contributed by atoms with Gasteiger partial charge in [-0.2, -0.15) is 0 Å². The minimum Gasteiger partial charge on any atom is -0.482 e. The van der Waals surface area contributed by atoms with Crippen LogP contribution in [0.1, 0.15) is 49.1 Å². The van der Waals surface area contributed by atoms with Gasteiger partial charge in [0.2, 0.25) is 5.91 Å². The number of urea groups is 1. The Bertz CT molecular complexity index is 1410. The first kappa shape index (κ1) is 34.4. The molecule has 2 aromatic carbocycles. The van der Waals surface area contributed by atoms with E-state index in [4.69, 9.17) is 4.74 Å². The van der Waals surface area contributed by atoms with E-state index < -0.39 is 24.2 Å². The van der Waals surface area contributed by atoms with Crippen molar-refractivity contribution < 1.29 is 24.2 Å². The van der Waals surface area contributed by atoms with Gasteiger partial charge in [0.05, 0.1) is 17.8 Å². The Balaban J connectivity index is 1.52. The summed E-state index contributed by atoms with van der Waals surface area (Å²) in [6, 6.07) is 19.2. The smallest absolute Gasteiger partial charge is 0.318 e. The van der Waals surface area contributed by atoms with Crippen molar-refractivity contribution >= 4 is 17.8 Å². The predicted molar refractivity (Wildman–Crippen MR) is 177 cm³/mol. The number of carbonyl (C=O) groups excluding carboxylic acids is 3. The molecule has 1 saturated heterocycles. The van der Waals surface area contributed by atoms with Gasteiger partial charge in [-0.3, -0.25) is 14.6 Å². The first-order valence-electron chi connectivity index (χ1n) is 16.1. The number of aryl methyl sites for hydroxylation is 2. The topological polar surface area (TPSA) is 133 Å². The highest BCUT2D eigenvalue weighted by molar-refractivity contribution is 5.87. The summed E-state index contributed by atoms with van der Waals surface area (Å²) < 4.78 is 5.84. The van der Waals surface area contributed by atoms with E-state index in [1.54, 1.807) is 11.1 Å². The predicted octanol–water partition coefficient (Wildman–Crippen LogP) is 3.72. The Morgan fingerprint density at radius 2 is 1.63 bits per heavy atom. The second-order valence-electron chi connectivity index (χ2n) is 12.4. The average Bonchev–Trinajstić information content (AvgIpc) is 3.02. The molecule has 0 aliphatic carbocycles. The number of aromatic nitrogens is 1. The zero-order chi connectivity index (χ0) is 33.1.